The van der Waals surface area contributed by atoms with Crippen LogP contribution in [0.2, 0.25) is 0 Å². The summed E-state index contributed by atoms with van der Waals surface area (Å²) in [6.07, 6.45) is 0. The fourth-order valence-electron chi connectivity index (χ4n) is 2.07. The zero-order valence-electron chi connectivity index (χ0n) is 12.5. The highest BCUT2D eigenvalue weighted by molar-refractivity contribution is 5.58. The van der Waals surface area contributed by atoms with Crippen LogP contribution in [0.25, 0.3) is 0 Å². The van der Waals surface area contributed by atoms with E-state index in [1.165, 1.54) is 12.1 Å². The van der Waals surface area contributed by atoms with Crippen LogP contribution in [0.4, 0.5) is 10.1 Å². The lowest BCUT2D eigenvalue weighted by molar-refractivity contribution is 0.319. The molecule has 112 valence electrons. The molecular weight excluding hydrogens is 269 g/mol. The van der Waals surface area contributed by atoms with Crippen LogP contribution < -0.4 is 15.2 Å². The Balaban J connectivity index is 2.38. The maximum atomic E-state index is 13.7. The molecule has 0 atom stereocenters. The van der Waals surface area contributed by atoms with Crippen molar-refractivity contribution in [2.24, 2.45) is 0 Å². The average Bonchev–Trinajstić information content (AvgIpc) is 2.44. The van der Waals surface area contributed by atoms with E-state index in [9.17, 15) is 4.39 Å². The second kappa shape index (κ2) is 6.48. The van der Waals surface area contributed by atoms with Crippen molar-refractivity contribution in [3.63, 3.8) is 0 Å². The molecule has 2 rings (SSSR count). The molecule has 2 aromatic carbocycles. The van der Waals surface area contributed by atoms with Crippen molar-refractivity contribution in [3.8, 4) is 17.2 Å². The second-order valence-corrected chi connectivity index (χ2v) is 5.05. The molecule has 0 aromatic heterocycles. The molecular formula is C17H20FNO2. The Kier molecular flexibility index (Phi) is 4.68. The largest absolute Gasteiger partial charge is 0.491 e. The Bertz CT molecular complexity index is 626. The molecule has 0 radical (unpaired) electrons. The van der Waals surface area contributed by atoms with E-state index in [2.05, 4.69) is 13.8 Å². The van der Waals surface area contributed by atoms with E-state index in [4.69, 9.17) is 15.2 Å². The van der Waals surface area contributed by atoms with Crippen LogP contribution in [-0.4, -0.2) is 6.61 Å². The van der Waals surface area contributed by atoms with Crippen molar-refractivity contribution >= 4 is 5.69 Å². The summed E-state index contributed by atoms with van der Waals surface area (Å²) >= 11 is 0. The topological polar surface area (TPSA) is 44.5 Å². The van der Waals surface area contributed by atoms with Crippen molar-refractivity contribution in [2.45, 2.75) is 26.7 Å². The number of ether oxygens (including phenoxy) is 2. The fourth-order valence-corrected chi connectivity index (χ4v) is 2.07. The van der Waals surface area contributed by atoms with Gasteiger partial charge in [0.2, 0.25) is 0 Å². The monoisotopic (exact) mass is 289 g/mol. The van der Waals surface area contributed by atoms with Gasteiger partial charge in [0.05, 0.1) is 12.3 Å². The van der Waals surface area contributed by atoms with Gasteiger partial charge in [-0.1, -0.05) is 32.0 Å². The molecule has 0 amide bonds. The summed E-state index contributed by atoms with van der Waals surface area (Å²) in [4.78, 5) is 0. The predicted molar refractivity (Wildman–Crippen MR) is 82.6 cm³/mol. The minimum Gasteiger partial charge on any atom is -0.491 e. The van der Waals surface area contributed by atoms with Crippen molar-refractivity contribution in [3.05, 3.63) is 47.8 Å². The molecule has 0 aliphatic carbocycles. The Morgan fingerprint density at radius 1 is 1.10 bits per heavy atom. The van der Waals surface area contributed by atoms with E-state index in [0.717, 1.165) is 5.56 Å². The number of anilines is 1. The molecule has 0 aliphatic rings. The molecule has 0 saturated carbocycles. The van der Waals surface area contributed by atoms with E-state index in [-0.39, 0.29) is 11.4 Å². The average molecular weight is 289 g/mol. The third kappa shape index (κ3) is 3.45. The first-order valence-electron chi connectivity index (χ1n) is 7.01. The predicted octanol–water partition coefficient (Wildman–Crippen LogP) is 4.72. The van der Waals surface area contributed by atoms with Gasteiger partial charge in [0.1, 0.15) is 5.75 Å². The Morgan fingerprint density at radius 3 is 2.48 bits per heavy atom. The number of halogens is 1. The van der Waals surface area contributed by atoms with Crippen LogP contribution in [0.3, 0.4) is 0 Å². The van der Waals surface area contributed by atoms with Crippen LogP contribution in [0.15, 0.2) is 36.4 Å². The molecule has 21 heavy (non-hydrogen) atoms. The Labute approximate surface area is 124 Å². The maximum absolute atomic E-state index is 13.7. The summed E-state index contributed by atoms with van der Waals surface area (Å²) < 4.78 is 24.8. The highest BCUT2D eigenvalue weighted by atomic mass is 19.1. The molecule has 4 heteroatoms. The molecule has 0 fully saturated rings. The van der Waals surface area contributed by atoms with Crippen LogP contribution in [0, 0.1) is 5.82 Å². The van der Waals surface area contributed by atoms with Crippen molar-refractivity contribution in [1.82, 2.24) is 0 Å². The summed E-state index contributed by atoms with van der Waals surface area (Å²) in [5.74, 6) is 1.08. The van der Waals surface area contributed by atoms with Gasteiger partial charge >= 0.3 is 0 Å². The number of nitrogens with two attached hydrogens (primary N) is 1. The normalized spacial score (nSPS) is 10.7. The number of para-hydroxylation sites is 1. The van der Waals surface area contributed by atoms with Gasteiger partial charge in [0.15, 0.2) is 17.3 Å². The molecule has 0 unspecified atom stereocenters. The summed E-state index contributed by atoms with van der Waals surface area (Å²) in [6, 6.07) is 10.4. The first kappa shape index (κ1) is 15.2. The molecule has 0 heterocycles. The minimum absolute atomic E-state index is 0.142. The summed E-state index contributed by atoms with van der Waals surface area (Å²) in [5.41, 5.74) is 7.15. The molecule has 0 spiro atoms. The van der Waals surface area contributed by atoms with Crippen molar-refractivity contribution < 1.29 is 13.9 Å². The minimum atomic E-state index is -0.487. The van der Waals surface area contributed by atoms with E-state index in [1.54, 1.807) is 6.92 Å². The molecule has 0 aliphatic heterocycles. The lowest BCUT2D eigenvalue weighted by Gasteiger charge is -2.16. The van der Waals surface area contributed by atoms with E-state index >= 15 is 0 Å². The van der Waals surface area contributed by atoms with Crippen molar-refractivity contribution in [2.75, 3.05) is 12.3 Å². The van der Waals surface area contributed by atoms with Gasteiger partial charge in [0.25, 0.3) is 0 Å². The van der Waals surface area contributed by atoms with Crippen LogP contribution in [0.5, 0.6) is 17.2 Å². The van der Waals surface area contributed by atoms with Crippen LogP contribution in [0.1, 0.15) is 32.3 Å². The number of benzene rings is 2. The lowest BCUT2D eigenvalue weighted by Crippen LogP contribution is -2.00. The van der Waals surface area contributed by atoms with Crippen LogP contribution in [-0.2, 0) is 0 Å². The smallest absolute Gasteiger partial charge is 0.167 e. The zero-order valence-corrected chi connectivity index (χ0v) is 12.5. The Hall–Kier alpha value is -2.23. The number of hydrogen-bond acceptors (Lipinski definition) is 3. The third-order valence-corrected chi connectivity index (χ3v) is 3.13. The van der Waals surface area contributed by atoms with Gasteiger partial charge < -0.3 is 15.2 Å². The van der Waals surface area contributed by atoms with E-state index in [1.807, 2.05) is 24.3 Å². The molecule has 2 aromatic rings. The van der Waals surface area contributed by atoms with E-state index < -0.39 is 5.82 Å². The number of nitrogen functional groups attached to an aromatic ring is 1. The summed E-state index contributed by atoms with van der Waals surface area (Å²) in [7, 11) is 0. The van der Waals surface area contributed by atoms with Gasteiger partial charge in [-0.15, -0.1) is 0 Å². The number of rotatable bonds is 5. The highest BCUT2D eigenvalue weighted by Gasteiger charge is 2.13. The van der Waals surface area contributed by atoms with Gasteiger partial charge in [-0.3, -0.25) is 0 Å². The molecule has 2 N–H and O–H groups in total. The quantitative estimate of drug-likeness (QED) is 0.810. The maximum Gasteiger partial charge on any atom is 0.167 e. The SMILES string of the molecule is CCOc1cc(Oc2ccccc2C(C)C)c(N)cc1F. The number of hydrogen-bond donors (Lipinski definition) is 1. The van der Waals surface area contributed by atoms with E-state index in [0.29, 0.717) is 24.0 Å². The lowest BCUT2D eigenvalue weighted by atomic mass is 10.0. The summed E-state index contributed by atoms with van der Waals surface area (Å²) in [6.45, 7) is 6.34. The Morgan fingerprint density at radius 2 is 1.81 bits per heavy atom. The third-order valence-electron chi connectivity index (χ3n) is 3.13. The first-order chi connectivity index (χ1) is 10.0. The summed E-state index contributed by atoms with van der Waals surface area (Å²) in [5, 5.41) is 0. The van der Waals surface area contributed by atoms with Crippen LogP contribution >= 0.6 is 0 Å². The van der Waals surface area contributed by atoms with Crippen molar-refractivity contribution in [1.29, 1.82) is 0 Å². The van der Waals surface area contributed by atoms with Gasteiger partial charge in [-0.2, -0.15) is 0 Å². The molecule has 0 bridgehead atoms. The molecule has 0 saturated heterocycles. The fraction of sp³-hybridized carbons (Fsp3) is 0.294. The van der Waals surface area contributed by atoms with Gasteiger partial charge in [0, 0.05) is 12.1 Å². The van der Waals surface area contributed by atoms with Gasteiger partial charge in [-0.05, 0) is 24.5 Å². The van der Waals surface area contributed by atoms with Gasteiger partial charge in [-0.25, -0.2) is 4.39 Å². The first-order valence-corrected chi connectivity index (χ1v) is 7.01. The standard InChI is InChI=1S/C17H20FNO2/c1-4-20-16-10-17(14(19)9-13(16)18)21-15-8-6-5-7-12(15)11(2)3/h5-11H,4,19H2,1-3H3. The zero-order chi connectivity index (χ0) is 15.4. The molecule has 3 nitrogen and oxygen atoms in total. The highest BCUT2D eigenvalue weighted by Crippen LogP contribution is 2.36. The second-order valence-electron chi connectivity index (χ2n) is 5.05.